The van der Waals surface area contributed by atoms with Crippen LogP contribution in [0.1, 0.15) is 13.8 Å². The minimum Gasteiger partial charge on any atom is -0.481 e. The van der Waals surface area contributed by atoms with Gasteiger partial charge in [0.15, 0.2) is 0 Å². The van der Waals surface area contributed by atoms with Crippen molar-refractivity contribution in [1.29, 1.82) is 0 Å². The van der Waals surface area contributed by atoms with Crippen molar-refractivity contribution in [3.05, 3.63) is 0 Å². The monoisotopic (exact) mass is 276 g/mol. The highest BCUT2D eigenvalue weighted by Gasteiger charge is 2.37. The van der Waals surface area contributed by atoms with E-state index in [0.29, 0.717) is 12.3 Å². The van der Waals surface area contributed by atoms with Crippen molar-refractivity contribution in [3.8, 4) is 0 Å². The maximum Gasteiger partial charge on any atom is 0.317 e. The molecule has 0 spiro atoms. The molecule has 4 atom stereocenters. The van der Waals surface area contributed by atoms with E-state index in [1.165, 1.54) is 4.90 Å². The lowest BCUT2D eigenvalue weighted by Gasteiger charge is -2.20. The molecule has 0 aromatic rings. The van der Waals surface area contributed by atoms with Gasteiger partial charge in [-0.1, -0.05) is 6.92 Å². The molecule has 1 rings (SSSR count). The van der Waals surface area contributed by atoms with Crippen LogP contribution in [0.25, 0.3) is 0 Å². The second-order valence-electron chi connectivity index (χ2n) is 4.92. The van der Waals surface area contributed by atoms with Gasteiger partial charge in [0.1, 0.15) is 0 Å². The Morgan fingerprint density at radius 3 is 2.56 bits per heavy atom. The highest BCUT2D eigenvalue weighted by molar-refractivity contribution is 7.84. The van der Waals surface area contributed by atoms with Crippen LogP contribution < -0.4 is 5.32 Å². The number of aliphatic carboxylic acids is 1. The SMILES string of the molecule is CC(CS(C)=O)NC(=O)N1C[C@@H](C)[C@H](C(=O)O)C1. The van der Waals surface area contributed by atoms with Crippen molar-refractivity contribution in [3.63, 3.8) is 0 Å². The number of likely N-dealkylation sites (tertiary alicyclic amines) is 1. The summed E-state index contributed by atoms with van der Waals surface area (Å²) in [6.07, 6.45) is 1.58. The summed E-state index contributed by atoms with van der Waals surface area (Å²) in [5.41, 5.74) is 0. The van der Waals surface area contributed by atoms with Gasteiger partial charge in [-0.15, -0.1) is 0 Å². The predicted octanol–water partition coefficient (Wildman–Crippen LogP) is 0.116. The van der Waals surface area contributed by atoms with Crippen LogP contribution in [0.5, 0.6) is 0 Å². The van der Waals surface area contributed by atoms with E-state index in [-0.39, 0.29) is 24.5 Å². The number of hydrogen-bond acceptors (Lipinski definition) is 3. The predicted molar refractivity (Wildman–Crippen MR) is 68.8 cm³/mol. The van der Waals surface area contributed by atoms with Gasteiger partial charge in [0.05, 0.1) is 5.92 Å². The van der Waals surface area contributed by atoms with Gasteiger partial charge in [-0.05, 0) is 12.8 Å². The van der Waals surface area contributed by atoms with E-state index in [1.807, 2.05) is 6.92 Å². The van der Waals surface area contributed by atoms with Gasteiger partial charge in [0.2, 0.25) is 0 Å². The highest BCUT2D eigenvalue weighted by Crippen LogP contribution is 2.23. The number of nitrogens with zero attached hydrogens (tertiary/aromatic N) is 1. The van der Waals surface area contributed by atoms with Crippen LogP contribution in [0.4, 0.5) is 4.79 Å². The number of hydrogen-bond donors (Lipinski definition) is 2. The number of rotatable bonds is 4. The number of nitrogens with one attached hydrogen (secondary N) is 1. The smallest absolute Gasteiger partial charge is 0.317 e. The standard InChI is InChI=1S/C11H20N2O4S/c1-7-4-13(5-9(7)10(14)15)11(16)12-8(2)6-18(3)17/h7-9H,4-6H2,1-3H3,(H,12,16)(H,14,15)/t7-,8?,9-,18?/m1/s1. The van der Waals surface area contributed by atoms with E-state index in [9.17, 15) is 13.8 Å². The molecule has 2 N–H and O–H groups in total. The fourth-order valence-corrected chi connectivity index (χ4v) is 2.94. The minimum absolute atomic E-state index is 0.0381. The van der Waals surface area contributed by atoms with Gasteiger partial charge in [-0.2, -0.15) is 0 Å². The number of carbonyl (C=O) groups is 2. The lowest BCUT2D eigenvalue weighted by atomic mass is 9.99. The molecule has 2 unspecified atom stereocenters. The minimum atomic E-state index is -0.962. The third-order valence-electron chi connectivity index (χ3n) is 3.07. The molecule has 0 aromatic carbocycles. The molecule has 0 aliphatic carbocycles. The normalized spacial score (nSPS) is 26.7. The Balaban J connectivity index is 2.49. The van der Waals surface area contributed by atoms with E-state index in [4.69, 9.17) is 5.11 Å². The quantitative estimate of drug-likeness (QED) is 0.763. The van der Waals surface area contributed by atoms with Crippen molar-refractivity contribution in [1.82, 2.24) is 10.2 Å². The van der Waals surface area contributed by atoms with E-state index in [2.05, 4.69) is 5.32 Å². The zero-order valence-electron chi connectivity index (χ0n) is 10.9. The molecule has 1 fully saturated rings. The zero-order valence-corrected chi connectivity index (χ0v) is 11.7. The fourth-order valence-electron chi connectivity index (χ4n) is 2.15. The Morgan fingerprint density at radius 2 is 2.11 bits per heavy atom. The van der Waals surface area contributed by atoms with Gasteiger partial charge in [0, 0.05) is 41.9 Å². The van der Waals surface area contributed by atoms with Crippen LogP contribution in [0.15, 0.2) is 0 Å². The third-order valence-corrected chi connectivity index (χ3v) is 4.04. The molecule has 1 aliphatic heterocycles. The van der Waals surface area contributed by atoms with E-state index >= 15 is 0 Å². The van der Waals surface area contributed by atoms with Crippen molar-refractivity contribution >= 4 is 22.8 Å². The average Bonchev–Trinajstić information content (AvgIpc) is 2.58. The molecule has 7 heteroatoms. The summed E-state index contributed by atoms with van der Waals surface area (Å²) in [5.74, 6) is -0.993. The first kappa shape index (κ1) is 14.9. The van der Waals surface area contributed by atoms with Crippen molar-refractivity contribution in [2.75, 3.05) is 25.1 Å². The molecule has 0 saturated carbocycles. The van der Waals surface area contributed by atoms with Crippen LogP contribution in [-0.2, 0) is 15.6 Å². The molecule has 1 heterocycles. The summed E-state index contributed by atoms with van der Waals surface area (Å²) < 4.78 is 11.0. The molecule has 0 bridgehead atoms. The van der Waals surface area contributed by atoms with Gasteiger partial charge in [-0.3, -0.25) is 9.00 Å². The zero-order chi connectivity index (χ0) is 13.9. The first-order chi connectivity index (χ1) is 8.31. The van der Waals surface area contributed by atoms with E-state index in [0.717, 1.165) is 0 Å². The topological polar surface area (TPSA) is 86.7 Å². The molecule has 6 nitrogen and oxygen atoms in total. The molecule has 0 aromatic heterocycles. The second kappa shape index (κ2) is 6.17. The molecular weight excluding hydrogens is 256 g/mol. The van der Waals surface area contributed by atoms with E-state index < -0.39 is 22.7 Å². The Morgan fingerprint density at radius 1 is 1.50 bits per heavy atom. The molecule has 104 valence electrons. The van der Waals surface area contributed by atoms with Gasteiger partial charge >= 0.3 is 12.0 Å². The summed E-state index contributed by atoms with van der Waals surface area (Å²) >= 11 is 0. The van der Waals surface area contributed by atoms with Crippen LogP contribution in [0.3, 0.4) is 0 Å². The average molecular weight is 276 g/mol. The molecule has 1 aliphatic rings. The summed E-state index contributed by atoms with van der Waals surface area (Å²) in [6, 6.07) is -0.453. The largest absolute Gasteiger partial charge is 0.481 e. The first-order valence-electron chi connectivity index (χ1n) is 5.89. The maximum atomic E-state index is 11.9. The Kier molecular flexibility index (Phi) is 5.13. The van der Waals surface area contributed by atoms with Gasteiger partial charge in [0.25, 0.3) is 0 Å². The maximum absolute atomic E-state index is 11.9. The first-order valence-corrected chi connectivity index (χ1v) is 7.62. The van der Waals surface area contributed by atoms with Crippen molar-refractivity contribution < 1.29 is 18.9 Å². The molecule has 0 radical (unpaired) electrons. The van der Waals surface area contributed by atoms with Gasteiger partial charge in [-0.25, -0.2) is 4.79 Å². The summed E-state index contributed by atoms with van der Waals surface area (Å²) in [7, 11) is -0.962. The number of carboxylic acids is 1. The highest BCUT2D eigenvalue weighted by atomic mass is 32.2. The Labute approximate surface area is 109 Å². The van der Waals surface area contributed by atoms with Crippen molar-refractivity contribution in [2.45, 2.75) is 19.9 Å². The lowest BCUT2D eigenvalue weighted by molar-refractivity contribution is -0.142. The molecule has 18 heavy (non-hydrogen) atoms. The summed E-state index contributed by atoms with van der Waals surface area (Å²) in [4.78, 5) is 24.3. The number of urea groups is 1. The fraction of sp³-hybridized carbons (Fsp3) is 0.818. The van der Waals surface area contributed by atoms with Crippen LogP contribution in [0, 0.1) is 11.8 Å². The lowest BCUT2D eigenvalue weighted by Crippen LogP contribution is -2.44. The third kappa shape index (κ3) is 3.97. The van der Waals surface area contributed by atoms with E-state index in [1.54, 1.807) is 13.2 Å². The summed E-state index contributed by atoms with van der Waals surface area (Å²) in [5, 5.41) is 11.7. The number of carboxylic acid groups (broad SMARTS) is 1. The van der Waals surface area contributed by atoms with Crippen LogP contribution >= 0.6 is 0 Å². The van der Waals surface area contributed by atoms with Crippen LogP contribution in [-0.4, -0.2) is 57.4 Å². The molecule has 2 amide bonds. The Bertz CT molecular complexity index is 361. The summed E-state index contributed by atoms with van der Waals surface area (Å²) in [6.45, 7) is 4.30. The second-order valence-corrected chi connectivity index (χ2v) is 6.40. The number of amides is 2. The molecule has 1 saturated heterocycles. The van der Waals surface area contributed by atoms with Crippen molar-refractivity contribution in [2.24, 2.45) is 11.8 Å². The van der Waals surface area contributed by atoms with Gasteiger partial charge < -0.3 is 15.3 Å². The Hall–Kier alpha value is -1.11. The molecular formula is C11H20N2O4S. The van der Waals surface area contributed by atoms with Crippen LogP contribution in [0.2, 0.25) is 0 Å². The number of carbonyl (C=O) groups excluding carboxylic acids is 1.